The minimum Gasteiger partial charge on any atom is -0.376 e. The van der Waals surface area contributed by atoms with Crippen LogP contribution in [-0.2, 0) is 11.3 Å². The van der Waals surface area contributed by atoms with Crippen molar-refractivity contribution < 1.29 is 4.74 Å². The second-order valence-electron chi connectivity index (χ2n) is 5.75. The van der Waals surface area contributed by atoms with Gasteiger partial charge in [-0.25, -0.2) is 0 Å². The number of hydrogen-bond donors (Lipinski definition) is 1. The van der Waals surface area contributed by atoms with Gasteiger partial charge in [0.05, 0.1) is 24.5 Å². The van der Waals surface area contributed by atoms with E-state index in [-0.39, 0.29) is 6.10 Å². The molecule has 0 bridgehead atoms. The van der Waals surface area contributed by atoms with Gasteiger partial charge in [-0.05, 0) is 18.9 Å². The van der Waals surface area contributed by atoms with Gasteiger partial charge in [-0.2, -0.15) is 5.26 Å². The second-order valence-corrected chi connectivity index (χ2v) is 6.69. The van der Waals surface area contributed by atoms with Gasteiger partial charge in [0.15, 0.2) is 11.0 Å². The first-order chi connectivity index (χ1) is 11.9. The van der Waals surface area contributed by atoms with E-state index in [4.69, 9.17) is 10.00 Å². The minimum absolute atomic E-state index is 0.186. The lowest BCUT2D eigenvalue weighted by Crippen LogP contribution is -2.16. The molecule has 3 heterocycles. The van der Waals surface area contributed by atoms with Crippen molar-refractivity contribution in [2.24, 2.45) is 0 Å². The zero-order chi connectivity index (χ0) is 16.4. The molecular formula is C17H17N5OS. The molecular weight excluding hydrogens is 322 g/mol. The molecule has 0 aliphatic carbocycles. The predicted octanol–water partition coefficient (Wildman–Crippen LogP) is 3.22. The predicted molar refractivity (Wildman–Crippen MR) is 92.6 cm³/mol. The molecule has 1 saturated heterocycles. The molecule has 6 nitrogen and oxygen atoms in total. The summed E-state index contributed by atoms with van der Waals surface area (Å²) in [7, 11) is 0. The third kappa shape index (κ3) is 2.79. The maximum absolute atomic E-state index is 8.88. The SMILES string of the molecule is N#CCSc1nnc(-c2c[nH]c3ccccc23)n1CC1CCCO1. The van der Waals surface area contributed by atoms with Crippen LogP contribution in [0.1, 0.15) is 12.8 Å². The Morgan fingerprint density at radius 2 is 2.29 bits per heavy atom. The van der Waals surface area contributed by atoms with Gasteiger partial charge in [0.25, 0.3) is 0 Å². The molecule has 2 aromatic heterocycles. The van der Waals surface area contributed by atoms with Crippen molar-refractivity contribution in [3.8, 4) is 17.5 Å². The highest BCUT2D eigenvalue weighted by atomic mass is 32.2. The van der Waals surface area contributed by atoms with Crippen LogP contribution in [-0.4, -0.2) is 38.2 Å². The maximum atomic E-state index is 8.88. The van der Waals surface area contributed by atoms with Gasteiger partial charge in [0.2, 0.25) is 0 Å². The van der Waals surface area contributed by atoms with Crippen LogP contribution in [0.2, 0.25) is 0 Å². The molecule has 0 radical (unpaired) electrons. The molecule has 1 atom stereocenters. The Balaban J connectivity index is 1.76. The number of H-pyrrole nitrogens is 1. The lowest BCUT2D eigenvalue weighted by Gasteiger charge is -2.14. The monoisotopic (exact) mass is 339 g/mol. The number of ether oxygens (including phenoxy) is 1. The number of benzene rings is 1. The van der Waals surface area contributed by atoms with E-state index in [1.807, 2.05) is 24.4 Å². The van der Waals surface area contributed by atoms with Crippen molar-refractivity contribution in [2.45, 2.75) is 30.6 Å². The van der Waals surface area contributed by atoms with Crippen LogP contribution in [0.3, 0.4) is 0 Å². The molecule has 3 aromatic rings. The Hall–Kier alpha value is -2.30. The highest BCUT2D eigenvalue weighted by Crippen LogP contribution is 2.31. The standard InChI is InChI=1S/C17H17N5OS/c18-7-9-24-17-21-20-16(22(17)11-12-4-3-8-23-12)14-10-19-15-6-2-1-5-13(14)15/h1-2,5-6,10,12,19H,3-4,8-9,11H2. The number of nitrogens with one attached hydrogen (secondary N) is 1. The smallest absolute Gasteiger partial charge is 0.192 e. The second kappa shape index (κ2) is 6.67. The highest BCUT2D eigenvalue weighted by Gasteiger charge is 2.22. The number of thioether (sulfide) groups is 1. The molecule has 7 heteroatoms. The number of rotatable bonds is 5. The zero-order valence-electron chi connectivity index (χ0n) is 13.1. The van der Waals surface area contributed by atoms with Crippen molar-refractivity contribution in [1.82, 2.24) is 19.7 Å². The van der Waals surface area contributed by atoms with E-state index in [0.29, 0.717) is 5.75 Å². The first kappa shape index (κ1) is 15.2. The summed E-state index contributed by atoms with van der Waals surface area (Å²) in [6, 6.07) is 10.3. The topological polar surface area (TPSA) is 79.5 Å². The largest absolute Gasteiger partial charge is 0.376 e. The molecule has 1 aromatic carbocycles. The van der Waals surface area contributed by atoms with Crippen LogP contribution in [0.4, 0.5) is 0 Å². The molecule has 1 aliphatic heterocycles. The third-order valence-corrected chi connectivity index (χ3v) is 5.06. The Morgan fingerprint density at radius 3 is 3.12 bits per heavy atom. The van der Waals surface area contributed by atoms with Crippen LogP contribution < -0.4 is 0 Å². The van der Waals surface area contributed by atoms with E-state index in [9.17, 15) is 0 Å². The number of hydrogen-bond acceptors (Lipinski definition) is 5. The minimum atomic E-state index is 0.186. The van der Waals surface area contributed by atoms with Crippen LogP contribution in [0.25, 0.3) is 22.3 Å². The molecule has 1 fully saturated rings. The molecule has 1 unspecified atom stereocenters. The number of fused-ring (bicyclic) bond motifs is 1. The van der Waals surface area contributed by atoms with E-state index in [1.165, 1.54) is 11.8 Å². The molecule has 0 spiro atoms. The number of aromatic amines is 1. The van der Waals surface area contributed by atoms with Crippen molar-refractivity contribution in [3.05, 3.63) is 30.5 Å². The van der Waals surface area contributed by atoms with Gasteiger partial charge in [-0.15, -0.1) is 10.2 Å². The third-order valence-electron chi connectivity index (χ3n) is 4.22. The highest BCUT2D eigenvalue weighted by molar-refractivity contribution is 7.99. The van der Waals surface area contributed by atoms with Gasteiger partial charge >= 0.3 is 0 Å². The molecule has 0 saturated carbocycles. The fraction of sp³-hybridized carbons (Fsp3) is 0.353. The summed E-state index contributed by atoms with van der Waals surface area (Å²) in [5, 5.41) is 19.5. The molecule has 1 N–H and O–H groups in total. The fourth-order valence-electron chi connectivity index (χ4n) is 3.10. The summed E-state index contributed by atoms with van der Waals surface area (Å²) in [6.07, 6.45) is 4.30. The van der Waals surface area contributed by atoms with E-state index < -0.39 is 0 Å². The van der Waals surface area contributed by atoms with Gasteiger partial charge in [-0.3, -0.25) is 4.57 Å². The van der Waals surface area contributed by atoms with E-state index in [1.54, 1.807) is 0 Å². The summed E-state index contributed by atoms with van der Waals surface area (Å²) < 4.78 is 7.88. The zero-order valence-corrected chi connectivity index (χ0v) is 13.9. The van der Waals surface area contributed by atoms with Gasteiger partial charge in [0.1, 0.15) is 0 Å². The van der Waals surface area contributed by atoms with E-state index >= 15 is 0 Å². The quantitative estimate of drug-likeness (QED) is 0.722. The maximum Gasteiger partial charge on any atom is 0.192 e. The number of nitrogens with zero attached hydrogens (tertiary/aromatic N) is 4. The summed E-state index contributed by atoms with van der Waals surface area (Å²) in [5.41, 5.74) is 2.10. The Kier molecular flexibility index (Phi) is 4.24. The number of para-hydroxylation sites is 1. The summed E-state index contributed by atoms with van der Waals surface area (Å²) in [6.45, 7) is 1.53. The van der Waals surface area contributed by atoms with Gasteiger partial charge in [-0.1, -0.05) is 30.0 Å². The van der Waals surface area contributed by atoms with Crippen molar-refractivity contribution in [2.75, 3.05) is 12.4 Å². The Labute approximate surface area is 143 Å². The van der Waals surface area contributed by atoms with Crippen LogP contribution in [0.5, 0.6) is 0 Å². The molecule has 0 amide bonds. The fourth-order valence-corrected chi connectivity index (χ4v) is 3.71. The van der Waals surface area contributed by atoms with Crippen molar-refractivity contribution >= 4 is 22.7 Å². The van der Waals surface area contributed by atoms with Crippen molar-refractivity contribution in [3.63, 3.8) is 0 Å². The van der Waals surface area contributed by atoms with Crippen molar-refractivity contribution in [1.29, 1.82) is 5.26 Å². The summed E-state index contributed by atoms with van der Waals surface area (Å²) >= 11 is 1.42. The average Bonchev–Trinajstić information content (AvgIpc) is 3.33. The summed E-state index contributed by atoms with van der Waals surface area (Å²) in [4.78, 5) is 3.29. The summed E-state index contributed by atoms with van der Waals surface area (Å²) in [5.74, 6) is 1.18. The molecule has 4 rings (SSSR count). The Bertz CT molecular complexity index is 888. The number of nitriles is 1. The number of aromatic nitrogens is 4. The first-order valence-corrected chi connectivity index (χ1v) is 8.96. The molecule has 122 valence electrons. The first-order valence-electron chi connectivity index (χ1n) is 7.98. The molecule has 1 aliphatic rings. The lowest BCUT2D eigenvalue weighted by molar-refractivity contribution is 0.0953. The van der Waals surface area contributed by atoms with Crippen LogP contribution in [0.15, 0.2) is 35.6 Å². The van der Waals surface area contributed by atoms with Gasteiger partial charge < -0.3 is 9.72 Å². The normalized spacial score (nSPS) is 17.4. The van der Waals surface area contributed by atoms with Gasteiger partial charge in [0, 0.05) is 29.3 Å². The Morgan fingerprint density at radius 1 is 1.38 bits per heavy atom. The lowest BCUT2D eigenvalue weighted by atomic mass is 10.1. The van der Waals surface area contributed by atoms with E-state index in [2.05, 4.69) is 31.9 Å². The van der Waals surface area contributed by atoms with Crippen LogP contribution in [0, 0.1) is 11.3 Å². The van der Waals surface area contributed by atoms with E-state index in [0.717, 1.165) is 53.4 Å². The average molecular weight is 339 g/mol. The molecule has 24 heavy (non-hydrogen) atoms. The van der Waals surface area contributed by atoms with Crippen LogP contribution >= 0.6 is 11.8 Å².